The lowest BCUT2D eigenvalue weighted by Gasteiger charge is -2.29. The Hall–Kier alpha value is -3.20. The van der Waals surface area contributed by atoms with Gasteiger partial charge in [-0.1, -0.05) is 24.6 Å². The Morgan fingerprint density at radius 3 is 2.74 bits per heavy atom. The average molecular weight is 467 g/mol. The summed E-state index contributed by atoms with van der Waals surface area (Å²) in [5.74, 6) is -1.38. The highest BCUT2D eigenvalue weighted by Gasteiger charge is 2.50. The number of rotatable bonds is 7. The number of aromatic amines is 1. The third kappa shape index (κ3) is 4.09. The van der Waals surface area contributed by atoms with E-state index in [0.29, 0.717) is 25.2 Å². The topological polar surface area (TPSA) is 132 Å². The summed E-state index contributed by atoms with van der Waals surface area (Å²) in [4.78, 5) is 56.3. The van der Waals surface area contributed by atoms with E-state index in [1.165, 1.54) is 0 Å². The fourth-order valence-electron chi connectivity index (χ4n) is 5.99. The number of hydrogen-bond donors (Lipinski definition) is 4. The van der Waals surface area contributed by atoms with Crippen molar-refractivity contribution in [3.8, 4) is 0 Å². The third-order valence-electron chi connectivity index (χ3n) is 7.72. The molecule has 3 aliphatic rings. The lowest BCUT2D eigenvalue weighted by molar-refractivity contribution is -0.133. The maximum absolute atomic E-state index is 13.5. The fourth-order valence-corrected chi connectivity index (χ4v) is 5.99. The van der Waals surface area contributed by atoms with Crippen molar-refractivity contribution in [2.75, 3.05) is 19.7 Å². The van der Waals surface area contributed by atoms with Crippen molar-refractivity contribution >= 4 is 34.4 Å². The number of benzene rings is 1. The van der Waals surface area contributed by atoms with E-state index >= 15 is 0 Å². The zero-order valence-electron chi connectivity index (χ0n) is 19.0. The molecule has 5 atom stereocenters. The number of para-hydroxylation sites is 1. The quantitative estimate of drug-likeness (QED) is 0.483. The normalized spacial score (nSPS) is 27.0. The minimum Gasteiger partial charge on any atom is -0.389 e. The van der Waals surface area contributed by atoms with Gasteiger partial charge >= 0.3 is 0 Å². The summed E-state index contributed by atoms with van der Waals surface area (Å²) in [6, 6.07) is 7.79. The summed E-state index contributed by atoms with van der Waals surface area (Å²) < 4.78 is 0. The Bertz CT molecular complexity index is 1090. The lowest BCUT2D eigenvalue weighted by Crippen LogP contribution is -2.53. The summed E-state index contributed by atoms with van der Waals surface area (Å²) in [6.45, 7) is 0.324. The van der Waals surface area contributed by atoms with Crippen LogP contribution in [0.25, 0.3) is 10.9 Å². The molecule has 1 aromatic heterocycles. The van der Waals surface area contributed by atoms with E-state index in [9.17, 15) is 24.3 Å². The number of carbonyl (C=O) groups excluding carboxylic acids is 4. The van der Waals surface area contributed by atoms with E-state index in [2.05, 4.69) is 15.6 Å². The van der Waals surface area contributed by atoms with E-state index < -0.39 is 24.5 Å². The number of likely N-dealkylation sites (tertiary alicyclic amines) is 1. The molecule has 9 nitrogen and oxygen atoms in total. The number of Topliss-reactive ketones (excluding diaryl/α,β-unsaturated/α-hetero) is 1. The summed E-state index contributed by atoms with van der Waals surface area (Å²) in [6.07, 6.45) is 3.56. The van der Waals surface area contributed by atoms with Gasteiger partial charge in [0, 0.05) is 29.9 Å². The highest BCUT2D eigenvalue weighted by Crippen LogP contribution is 2.43. The zero-order valence-corrected chi connectivity index (χ0v) is 19.0. The van der Waals surface area contributed by atoms with E-state index in [4.69, 9.17) is 0 Å². The van der Waals surface area contributed by atoms with Gasteiger partial charge < -0.3 is 25.6 Å². The molecule has 3 fully saturated rings. The number of hydrogen-bond acceptors (Lipinski definition) is 5. The molecule has 180 valence electrons. The Labute approximate surface area is 197 Å². The van der Waals surface area contributed by atoms with Gasteiger partial charge in [-0.05, 0) is 49.7 Å². The molecule has 0 radical (unpaired) electrons. The number of nitrogens with zero attached hydrogens (tertiary/aromatic N) is 1. The third-order valence-corrected chi connectivity index (χ3v) is 7.72. The minimum atomic E-state index is -0.961. The molecule has 9 heteroatoms. The number of ketones is 1. The predicted molar refractivity (Wildman–Crippen MR) is 124 cm³/mol. The number of amides is 3. The van der Waals surface area contributed by atoms with Gasteiger partial charge in [0.2, 0.25) is 11.8 Å². The van der Waals surface area contributed by atoms with Crippen LogP contribution >= 0.6 is 0 Å². The molecule has 1 aromatic carbocycles. The van der Waals surface area contributed by atoms with E-state index in [0.717, 1.165) is 30.2 Å². The molecule has 4 N–H and O–H groups in total. The van der Waals surface area contributed by atoms with Gasteiger partial charge in [-0.15, -0.1) is 0 Å². The van der Waals surface area contributed by atoms with Crippen molar-refractivity contribution in [1.29, 1.82) is 0 Å². The number of H-pyrrole nitrogens is 1. The first-order chi connectivity index (χ1) is 16.5. The number of aromatic nitrogens is 1. The van der Waals surface area contributed by atoms with Gasteiger partial charge in [0.25, 0.3) is 5.91 Å². The molecule has 1 aliphatic carbocycles. The second kappa shape index (κ2) is 9.21. The number of nitrogens with one attached hydrogen (secondary N) is 3. The number of fused-ring (bicyclic) bond motifs is 2. The molecule has 0 unspecified atom stereocenters. The molecule has 1 saturated carbocycles. The minimum absolute atomic E-state index is 0.0352. The summed E-state index contributed by atoms with van der Waals surface area (Å²) >= 11 is 0. The number of aliphatic hydroxyl groups is 1. The molecular weight excluding hydrogens is 436 g/mol. The van der Waals surface area contributed by atoms with Gasteiger partial charge in [0.05, 0.1) is 6.04 Å². The molecule has 2 aliphatic heterocycles. The zero-order chi connectivity index (χ0) is 23.8. The molecule has 3 amide bonds. The molecule has 34 heavy (non-hydrogen) atoms. The van der Waals surface area contributed by atoms with Crippen LogP contribution in [0.1, 0.15) is 42.6 Å². The monoisotopic (exact) mass is 466 g/mol. The van der Waals surface area contributed by atoms with Crippen LogP contribution in [0.15, 0.2) is 30.3 Å². The van der Waals surface area contributed by atoms with Crippen LogP contribution in [-0.4, -0.2) is 70.3 Å². The molecule has 3 heterocycles. The van der Waals surface area contributed by atoms with Crippen molar-refractivity contribution in [2.24, 2.45) is 17.8 Å². The van der Waals surface area contributed by atoms with Crippen molar-refractivity contribution in [1.82, 2.24) is 20.5 Å². The Morgan fingerprint density at radius 1 is 1.18 bits per heavy atom. The van der Waals surface area contributed by atoms with Gasteiger partial charge in [-0.2, -0.15) is 0 Å². The summed E-state index contributed by atoms with van der Waals surface area (Å²) in [7, 11) is 0. The van der Waals surface area contributed by atoms with Gasteiger partial charge in [-0.25, -0.2) is 0 Å². The molecular formula is C25H30N4O5. The van der Waals surface area contributed by atoms with Crippen LogP contribution in [0.3, 0.4) is 0 Å². The van der Waals surface area contributed by atoms with Gasteiger partial charge in [0.1, 0.15) is 18.3 Å². The smallest absolute Gasteiger partial charge is 0.271 e. The van der Waals surface area contributed by atoms with Crippen molar-refractivity contribution < 1.29 is 24.3 Å². The Kier molecular flexibility index (Phi) is 6.12. The number of aliphatic hydroxyl groups excluding tert-OH is 1. The highest BCUT2D eigenvalue weighted by molar-refractivity contribution is 6.01. The fraction of sp³-hybridized carbons (Fsp3) is 0.520. The molecule has 5 rings (SSSR count). The van der Waals surface area contributed by atoms with Crippen molar-refractivity contribution in [3.05, 3.63) is 36.0 Å². The van der Waals surface area contributed by atoms with Gasteiger partial charge in [-0.3, -0.25) is 19.2 Å². The van der Waals surface area contributed by atoms with Crippen LogP contribution < -0.4 is 10.6 Å². The first-order valence-electron chi connectivity index (χ1n) is 12.1. The molecule has 0 bridgehead atoms. The SMILES string of the molecule is O=C1NCC[C@@H]1C[C@H](NC(=O)[C@@H]1[C@H]2CCC[C@H]2CN1C(=O)c1cc2ccccc2[nH]1)C(=O)CO. The summed E-state index contributed by atoms with van der Waals surface area (Å²) in [5, 5.41) is 15.9. The second-order valence-corrected chi connectivity index (χ2v) is 9.73. The van der Waals surface area contributed by atoms with E-state index in [1.807, 2.05) is 24.3 Å². The maximum Gasteiger partial charge on any atom is 0.271 e. The standard InChI is InChI=1S/C25H30N4O5/c30-13-21(31)19(11-15-8-9-26-23(15)32)28-24(33)22-17-6-3-5-16(17)12-29(22)25(34)20-10-14-4-1-2-7-18(14)27-20/h1-2,4,7,10,15-17,19,22,27,30H,3,5-6,8-9,11-13H2,(H,26,32)(H,28,33)/t15-,16+,17+,19+,22+/m1/s1. The first-order valence-corrected chi connectivity index (χ1v) is 12.1. The molecule has 2 aromatic rings. The van der Waals surface area contributed by atoms with E-state index in [1.54, 1.807) is 11.0 Å². The van der Waals surface area contributed by atoms with Crippen LogP contribution in [-0.2, 0) is 14.4 Å². The summed E-state index contributed by atoms with van der Waals surface area (Å²) in [5.41, 5.74) is 1.29. The molecule has 2 saturated heterocycles. The van der Waals surface area contributed by atoms with Crippen LogP contribution in [0.4, 0.5) is 0 Å². The van der Waals surface area contributed by atoms with Crippen LogP contribution in [0, 0.1) is 17.8 Å². The Balaban J connectivity index is 1.38. The highest BCUT2D eigenvalue weighted by atomic mass is 16.3. The first kappa shape index (κ1) is 22.6. The lowest BCUT2D eigenvalue weighted by atomic mass is 9.92. The second-order valence-electron chi connectivity index (χ2n) is 9.73. The maximum atomic E-state index is 13.5. The Morgan fingerprint density at radius 2 is 2.00 bits per heavy atom. The average Bonchev–Trinajstić information content (AvgIpc) is 3.61. The van der Waals surface area contributed by atoms with E-state index in [-0.39, 0.29) is 41.9 Å². The van der Waals surface area contributed by atoms with Gasteiger partial charge in [0.15, 0.2) is 5.78 Å². The van der Waals surface area contributed by atoms with Crippen molar-refractivity contribution in [2.45, 2.75) is 44.2 Å². The van der Waals surface area contributed by atoms with Crippen molar-refractivity contribution in [3.63, 3.8) is 0 Å². The van der Waals surface area contributed by atoms with Crippen LogP contribution in [0.5, 0.6) is 0 Å². The van der Waals surface area contributed by atoms with Crippen LogP contribution in [0.2, 0.25) is 0 Å². The number of carbonyl (C=O) groups is 4. The predicted octanol–water partition coefficient (Wildman–Crippen LogP) is 0.981. The largest absolute Gasteiger partial charge is 0.389 e. The molecule has 0 spiro atoms.